The summed E-state index contributed by atoms with van der Waals surface area (Å²) in [6.45, 7) is 1.89. The number of amides is 1. The van der Waals surface area contributed by atoms with Crippen LogP contribution in [0.5, 0.6) is 0 Å². The van der Waals surface area contributed by atoms with Crippen molar-refractivity contribution in [3.8, 4) is 0 Å². The third kappa shape index (κ3) is 5.59. The van der Waals surface area contributed by atoms with Crippen LogP contribution in [0.4, 0.5) is 0 Å². The molecule has 0 radical (unpaired) electrons. The van der Waals surface area contributed by atoms with Gasteiger partial charge in [-0.15, -0.1) is 0 Å². The van der Waals surface area contributed by atoms with Gasteiger partial charge < -0.3 is 11.5 Å². The lowest BCUT2D eigenvalue weighted by molar-refractivity contribution is -0.118. The predicted octanol–water partition coefficient (Wildman–Crippen LogP) is -0.986. The van der Waals surface area contributed by atoms with Gasteiger partial charge in [0.25, 0.3) is 0 Å². The van der Waals surface area contributed by atoms with E-state index in [1.807, 2.05) is 6.92 Å². The van der Waals surface area contributed by atoms with Gasteiger partial charge in [0, 0.05) is 0 Å². The highest BCUT2D eigenvalue weighted by atomic mass is 32.2. The highest BCUT2D eigenvalue weighted by Crippen LogP contribution is 1.98. The Morgan fingerprint density at radius 3 is 2.38 bits per heavy atom. The van der Waals surface area contributed by atoms with Crippen LogP contribution in [-0.4, -0.2) is 31.9 Å². The molecule has 0 heterocycles. The van der Waals surface area contributed by atoms with Crippen LogP contribution in [0.2, 0.25) is 0 Å². The molecular weight excluding hydrogens is 192 g/mol. The van der Waals surface area contributed by atoms with Gasteiger partial charge in [0.1, 0.15) is 0 Å². The fraction of sp³-hybridized carbons (Fsp3) is 0.857. The summed E-state index contributed by atoms with van der Waals surface area (Å²) in [5.41, 5.74) is 10.1. The molecule has 0 aliphatic rings. The van der Waals surface area contributed by atoms with Gasteiger partial charge in [-0.25, -0.2) is 8.42 Å². The molecule has 0 spiro atoms. The Morgan fingerprint density at radius 2 is 2.00 bits per heavy atom. The summed E-state index contributed by atoms with van der Waals surface area (Å²) in [5.74, 6) is -1.05. The number of nitrogens with two attached hydrogens (primary N) is 2. The van der Waals surface area contributed by atoms with Crippen molar-refractivity contribution < 1.29 is 13.2 Å². The summed E-state index contributed by atoms with van der Waals surface area (Å²) < 4.78 is 22.4. The quantitative estimate of drug-likeness (QED) is 0.585. The lowest BCUT2D eigenvalue weighted by Gasteiger charge is -2.07. The van der Waals surface area contributed by atoms with Gasteiger partial charge in [-0.3, -0.25) is 4.79 Å². The summed E-state index contributed by atoms with van der Waals surface area (Å²) in [5, 5.41) is 0. The predicted molar refractivity (Wildman–Crippen MR) is 50.7 cm³/mol. The van der Waals surface area contributed by atoms with E-state index in [0.717, 1.165) is 6.42 Å². The first-order chi connectivity index (χ1) is 5.89. The molecule has 1 atom stereocenters. The Morgan fingerprint density at radius 1 is 1.46 bits per heavy atom. The van der Waals surface area contributed by atoms with E-state index in [-0.39, 0.29) is 11.5 Å². The Kier molecular flexibility index (Phi) is 4.94. The topological polar surface area (TPSA) is 103 Å². The van der Waals surface area contributed by atoms with Gasteiger partial charge >= 0.3 is 0 Å². The molecule has 5 nitrogen and oxygen atoms in total. The van der Waals surface area contributed by atoms with E-state index >= 15 is 0 Å². The maximum absolute atomic E-state index is 11.2. The molecule has 0 fully saturated rings. The van der Waals surface area contributed by atoms with Gasteiger partial charge in [0.05, 0.1) is 17.5 Å². The van der Waals surface area contributed by atoms with E-state index in [1.54, 1.807) is 0 Å². The van der Waals surface area contributed by atoms with Crippen LogP contribution < -0.4 is 11.5 Å². The Labute approximate surface area is 78.4 Å². The molecule has 0 aromatic heterocycles. The SMILES string of the molecule is CCCCS(=O)(=O)CC(N)C(N)=O. The fourth-order valence-corrected chi connectivity index (χ4v) is 2.41. The number of carbonyl (C=O) groups excluding carboxylic acids is 1. The fourth-order valence-electron chi connectivity index (χ4n) is 0.803. The molecule has 0 aromatic rings. The van der Waals surface area contributed by atoms with Crippen LogP contribution in [0.25, 0.3) is 0 Å². The van der Waals surface area contributed by atoms with Crippen molar-refractivity contribution >= 4 is 15.7 Å². The van der Waals surface area contributed by atoms with Gasteiger partial charge in [-0.05, 0) is 6.42 Å². The average molecular weight is 208 g/mol. The third-order valence-electron chi connectivity index (χ3n) is 1.61. The second kappa shape index (κ2) is 5.18. The molecule has 0 rings (SSSR count). The molecule has 78 valence electrons. The zero-order chi connectivity index (χ0) is 10.5. The van der Waals surface area contributed by atoms with Crippen molar-refractivity contribution in [2.75, 3.05) is 11.5 Å². The van der Waals surface area contributed by atoms with Gasteiger partial charge in [-0.1, -0.05) is 13.3 Å². The minimum atomic E-state index is -3.21. The summed E-state index contributed by atoms with van der Waals surface area (Å²) in [7, 11) is -3.21. The molecule has 4 N–H and O–H groups in total. The van der Waals surface area contributed by atoms with Crippen LogP contribution in [0.1, 0.15) is 19.8 Å². The molecule has 0 aliphatic heterocycles. The maximum atomic E-state index is 11.2. The Hall–Kier alpha value is -0.620. The van der Waals surface area contributed by atoms with Gasteiger partial charge in [0.15, 0.2) is 9.84 Å². The summed E-state index contributed by atoms with van der Waals surface area (Å²) >= 11 is 0. The Bertz CT molecular complexity index is 261. The lowest BCUT2D eigenvalue weighted by atomic mass is 10.3. The average Bonchev–Trinajstić information content (AvgIpc) is 2.00. The van der Waals surface area contributed by atoms with Crippen LogP contribution >= 0.6 is 0 Å². The molecule has 1 unspecified atom stereocenters. The molecule has 0 aliphatic carbocycles. The minimum Gasteiger partial charge on any atom is -0.368 e. The van der Waals surface area contributed by atoms with Crippen molar-refractivity contribution in [1.29, 1.82) is 0 Å². The molecular formula is C7H16N2O3S. The number of carbonyl (C=O) groups is 1. The number of hydrogen-bond acceptors (Lipinski definition) is 4. The molecule has 0 aromatic carbocycles. The highest BCUT2D eigenvalue weighted by Gasteiger charge is 2.19. The number of primary amides is 1. The first kappa shape index (κ1) is 12.4. The monoisotopic (exact) mass is 208 g/mol. The summed E-state index contributed by atoms with van der Waals surface area (Å²) in [4.78, 5) is 10.5. The molecule has 1 amide bonds. The van der Waals surface area contributed by atoms with Crippen LogP contribution in [0.15, 0.2) is 0 Å². The standard InChI is InChI=1S/C7H16N2O3S/c1-2-3-4-13(11,12)5-6(8)7(9)10/h6H,2-5,8H2,1H3,(H2,9,10). The lowest BCUT2D eigenvalue weighted by Crippen LogP contribution is -2.42. The largest absolute Gasteiger partial charge is 0.368 e. The Balaban J connectivity index is 4.10. The first-order valence-corrected chi connectivity index (χ1v) is 5.96. The molecule has 13 heavy (non-hydrogen) atoms. The van der Waals surface area contributed by atoms with Crippen molar-refractivity contribution in [2.45, 2.75) is 25.8 Å². The summed E-state index contributed by atoms with van der Waals surface area (Å²) in [6.07, 6.45) is 1.39. The maximum Gasteiger partial charge on any atom is 0.235 e. The first-order valence-electron chi connectivity index (χ1n) is 4.14. The molecule has 0 saturated carbocycles. The van der Waals surface area contributed by atoms with Crippen molar-refractivity contribution in [3.05, 3.63) is 0 Å². The van der Waals surface area contributed by atoms with Crippen LogP contribution in [0, 0.1) is 0 Å². The smallest absolute Gasteiger partial charge is 0.235 e. The highest BCUT2D eigenvalue weighted by molar-refractivity contribution is 7.91. The zero-order valence-electron chi connectivity index (χ0n) is 7.69. The van der Waals surface area contributed by atoms with Crippen molar-refractivity contribution in [3.63, 3.8) is 0 Å². The molecule has 6 heteroatoms. The normalized spacial score (nSPS) is 14.0. The van der Waals surface area contributed by atoms with Crippen LogP contribution in [0.3, 0.4) is 0 Å². The van der Waals surface area contributed by atoms with E-state index in [0.29, 0.717) is 6.42 Å². The van der Waals surface area contributed by atoms with Crippen molar-refractivity contribution in [2.24, 2.45) is 11.5 Å². The zero-order valence-corrected chi connectivity index (χ0v) is 8.51. The second-order valence-electron chi connectivity index (χ2n) is 2.98. The third-order valence-corrected chi connectivity index (χ3v) is 3.39. The number of sulfone groups is 1. The van der Waals surface area contributed by atoms with Gasteiger partial charge in [-0.2, -0.15) is 0 Å². The number of rotatable bonds is 6. The number of unbranched alkanes of at least 4 members (excludes halogenated alkanes) is 1. The molecule has 0 bridgehead atoms. The van der Waals surface area contributed by atoms with E-state index in [1.165, 1.54) is 0 Å². The number of hydrogen-bond donors (Lipinski definition) is 2. The minimum absolute atomic E-state index is 0.0739. The van der Waals surface area contributed by atoms with Crippen molar-refractivity contribution in [1.82, 2.24) is 0 Å². The van der Waals surface area contributed by atoms with E-state index < -0.39 is 21.8 Å². The van der Waals surface area contributed by atoms with Crippen LogP contribution in [-0.2, 0) is 14.6 Å². The van der Waals surface area contributed by atoms with E-state index in [4.69, 9.17) is 11.5 Å². The molecule has 0 saturated heterocycles. The van der Waals surface area contributed by atoms with E-state index in [2.05, 4.69) is 0 Å². The van der Waals surface area contributed by atoms with Gasteiger partial charge in [0.2, 0.25) is 5.91 Å². The van der Waals surface area contributed by atoms with E-state index in [9.17, 15) is 13.2 Å². The second-order valence-corrected chi connectivity index (χ2v) is 5.21. The summed E-state index contributed by atoms with van der Waals surface area (Å²) in [6, 6.07) is -1.08.